The first kappa shape index (κ1) is 12.7. The van der Waals surface area contributed by atoms with Crippen molar-refractivity contribution in [3.05, 3.63) is 21.3 Å². The van der Waals surface area contributed by atoms with Gasteiger partial charge in [0, 0.05) is 29.9 Å². The van der Waals surface area contributed by atoms with Gasteiger partial charge in [0.1, 0.15) is 0 Å². The third-order valence-corrected chi connectivity index (χ3v) is 4.59. The molecule has 0 spiro atoms. The van der Waals surface area contributed by atoms with Crippen LogP contribution in [0, 0.1) is 0 Å². The summed E-state index contributed by atoms with van der Waals surface area (Å²) in [5, 5.41) is 0. The Kier molecular flexibility index (Phi) is 4.96. The van der Waals surface area contributed by atoms with E-state index in [1.165, 1.54) is 30.6 Å². The van der Waals surface area contributed by atoms with Crippen molar-refractivity contribution in [3.63, 3.8) is 0 Å². The van der Waals surface area contributed by atoms with Crippen LogP contribution in [0.1, 0.15) is 30.6 Å². The van der Waals surface area contributed by atoms with Crippen LogP contribution < -0.4 is 0 Å². The molecule has 0 saturated heterocycles. The lowest BCUT2D eigenvalue weighted by Gasteiger charge is -2.27. The molecule has 1 aromatic heterocycles. The first-order chi connectivity index (χ1) is 7.79. The van der Waals surface area contributed by atoms with E-state index in [0.29, 0.717) is 0 Å². The van der Waals surface area contributed by atoms with E-state index in [-0.39, 0.29) is 0 Å². The number of thiophene rings is 1. The molecule has 1 nitrogen and oxygen atoms in total. The maximum Gasteiger partial charge on any atom is 0.0931 e. The van der Waals surface area contributed by atoms with Gasteiger partial charge in [0.2, 0.25) is 0 Å². The number of halogens is 2. The molecule has 1 saturated carbocycles. The normalized spacial score (nSPS) is 17.4. The van der Waals surface area contributed by atoms with Gasteiger partial charge in [-0.2, -0.15) is 0 Å². The molecule has 90 valence electrons. The van der Waals surface area contributed by atoms with Crippen LogP contribution in [0.15, 0.2) is 12.1 Å². The molecule has 1 aliphatic carbocycles. The van der Waals surface area contributed by atoms with E-state index in [9.17, 15) is 0 Å². The van der Waals surface area contributed by atoms with Gasteiger partial charge >= 0.3 is 0 Å². The SMILES string of the molecule is ClCCN(Cc1ccc(Cl)s1)C1CCCC1. The van der Waals surface area contributed by atoms with Crippen LogP contribution in [-0.4, -0.2) is 23.4 Å². The first-order valence-electron chi connectivity index (χ1n) is 5.84. The van der Waals surface area contributed by atoms with Crippen molar-refractivity contribution in [2.45, 2.75) is 38.3 Å². The number of hydrogen-bond acceptors (Lipinski definition) is 2. The highest BCUT2D eigenvalue weighted by atomic mass is 35.5. The summed E-state index contributed by atoms with van der Waals surface area (Å²) in [5.74, 6) is 0.718. The second-order valence-corrected chi connectivity index (χ2v) is 6.48. The molecular formula is C12H17Cl2NS. The maximum absolute atomic E-state index is 5.95. The number of nitrogens with zero attached hydrogens (tertiary/aromatic N) is 1. The molecular weight excluding hydrogens is 261 g/mol. The van der Waals surface area contributed by atoms with Gasteiger partial charge in [-0.25, -0.2) is 0 Å². The Morgan fingerprint density at radius 2 is 2.06 bits per heavy atom. The van der Waals surface area contributed by atoms with Crippen LogP contribution in [0.2, 0.25) is 4.34 Å². The van der Waals surface area contributed by atoms with Gasteiger partial charge in [-0.1, -0.05) is 24.4 Å². The summed E-state index contributed by atoms with van der Waals surface area (Å²) in [6.45, 7) is 2.00. The Bertz CT molecular complexity index is 321. The molecule has 0 amide bonds. The highest BCUT2D eigenvalue weighted by Crippen LogP contribution is 2.28. The van der Waals surface area contributed by atoms with Gasteiger partial charge in [0.15, 0.2) is 0 Å². The summed E-state index contributed by atoms with van der Waals surface area (Å²) >= 11 is 13.5. The molecule has 1 aromatic rings. The minimum atomic E-state index is 0.718. The molecule has 1 heterocycles. The van der Waals surface area contributed by atoms with Gasteiger partial charge in [-0.3, -0.25) is 4.90 Å². The largest absolute Gasteiger partial charge is 0.294 e. The van der Waals surface area contributed by atoms with Crippen LogP contribution in [0.5, 0.6) is 0 Å². The number of rotatable bonds is 5. The Hall–Kier alpha value is 0.240. The van der Waals surface area contributed by atoms with Crippen molar-refractivity contribution < 1.29 is 0 Å². The summed E-state index contributed by atoms with van der Waals surface area (Å²) in [5.41, 5.74) is 0. The molecule has 16 heavy (non-hydrogen) atoms. The summed E-state index contributed by atoms with van der Waals surface area (Å²) in [6.07, 6.45) is 5.40. The molecule has 4 heteroatoms. The Morgan fingerprint density at radius 3 is 2.62 bits per heavy atom. The van der Waals surface area contributed by atoms with Crippen molar-refractivity contribution in [2.75, 3.05) is 12.4 Å². The van der Waals surface area contributed by atoms with Gasteiger partial charge in [0.05, 0.1) is 4.34 Å². The van der Waals surface area contributed by atoms with E-state index in [1.54, 1.807) is 11.3 Å². The molecule has 2 rings (SSSR count). The maximum atomic E-state index is 5.95. The predicted octanol–water partition coefficient (Wildman–Crippen LogP) is 4.38. The standard InChI is InChI=1S/C12H17Cl2NS/c13-7-8-15(10-3-1-2-4-10)9-11-5-6-12(14)16-11/h5-6,10H,1-4,7-9H2. The second-order valence-electron chi connectivity index (χ2n) is 4.30. The van der Waals surface area contributed by atoms with Crippen molar-refractivity contribution in [3.8, 4) is 0 Å². The van der Waals surface area contributed by atoms with E-state index in [2.05, 4.69) is 11.0 Å². The van der Waals surface area contributed by atoms with E-state index in [4.69, 9.17) is 23.2 Å². The van der Waals surface area contributed by atoms with Gasteiger partial charge in [-0.15, -0.1) is 22.9 Å². The van der Waals surface area contributed by atoms with E-state index >= 15 is 0 Å². The average molecular weight is 278 g/mol. The third-order valence-electron chi connectivity index (χ3n) is 3.20. The van der Waals surface area contributed by atoms with Crippen molar-refractivity contribution in [1.82, 2.24) is 4.90 Å². The summed E-state index contributed by atoms with van der Waals surface area (Å²) < 4.78 is 0.882. The molecule has 1 fully saturated rings. The molecule has 1 aliphatic rings. The van der Waals surface area contributed by atoms with Gasteiger partial charge < -0.3 is 0 Å². The molecule has 0 atom stereocenters. The molecule has 0 radical (unpaired) electrons. The second kappa shape index (κ2) is 6.25. The monoisotopic (exact) mass is 277 g/mol. The number of alkyl halides is 1. The highest BCUT2D eigenvalue weighted by Gasteiger charge is 2.22. The molecule has 0 aromatic carbocycles. The third kappa shape index (κ3) is 3.36. The fourth-order valence-corrected chi connectivity index (χ4v) is 3.74. The average Bonchev–Trinajstić information content (AvgIpc) is 2.88. The molecule has 0 bridgehead atoms. The van der Waals surface area contributed by atoms with Crippen molar-refractivity contribution in [1.29, 1.82) is 0 Å². The lowest BCUT2D eigenvalue weighted by atomic mass is 10.2. The zero-order valence-corrected chi connectivity index (χ0v) is 11.6. The first-order valence-corrected chi connectivity index (χ1v) is 7.56. The lowest BCUT2D eigenvalue weighted by Crippen LogP contribution is -2.34. The van der Waals surface area contributed by atoms with Crippen molar-refractivity contribution in [2.24, 2.45) is 0 Å². The fraction of sp³-hybridized carbons (Fsp3) is 0.667. The number of hydrogen-bond donors (Lipinski definition) is 0. The van der Waals surface area contributed by atoms with Crippen molar-refractivity contribution >= 4 is 34.5 Å². The van der Waals surface area contributed by atoms with E-state index in [1.807, 2.05) is 6.07 Å². The zero-order chi connectivity index (χ0) is 11.4. The van der Waals surface area contributed by atoms with Crippen LogP contribution >= 0.6 is 34.5 Å². The fourth-order valence-electron chi connectivity index (χ4n) is 2.41. The van der Waals surface area contributed by atoms with Gasteiger partial charge in [-0.05, 0) is 25.0 Å². The van der Waals surface area contributed by atoms with E-state index < -0.39 is 0 Å². The minimum absolute atomic E-state index is 0.718. The summed E-state index contributed by atoms with van der Waals surface area (Å²) in [6, 6.07) is 4.85. The lowest BCUT2D eigenvalue weighted by molar-refractivity contribution is 0.203. The minimum Gasteiger partial charge on any atom is -0.294 e. The topological polar surface area (TPSA) is 3.24 Å². The van der Waals surface area contributed by atoms with Gasteiger partial charge in [0.25, 0.3) is 0 Å². The Balaban J connectivity index is 1.96. The summed E-state index contributed by atoms with van der Waals surface area (Å²) in [7, 11) is 0. The summed E-state index contributed by atoms with van der Waals surface area (Å²) in [4.78, 5) is 3.87. The quantitative estimate of drug-likeness (QED) is 0.722. The Morgan fingerprint density at radius 1 is 1.31 bits per heavy atom. The van der Waals surface area contributed by atoms with Crippen LogP contribution in [-0.2, 0) is 6.54 Å². The van der Waals surface area contributed by atoms with E-state index in [0.717, 1.165) is 29.3 Å². The van der Waals surface area contributed by atoms with Crippen LogP contribution in [0.4, 0.5) is 0 Å². The van der Waals surface area contributed by atoms with Crippen LogP contribution in [0.3, 0.4) is 0 Å². The smallest absolute Gasteiger partial charge is 0.0931 e. The molecule has 0 aliphatic heterocycles. The molecule has 0 N–H and O–H groups in total. The zero-order valence-electron chi connectivity index (χ0n) is 9.29. The predicted molar refractivity (Wildman–Crippen MR) is 72.7 cm³/mol. The highest BCUT2D eigenvalue weighted by molar-refractivity contribution is 7.16. The Labute approximate surface area is 111 Å². The van der Waals surface area contributed by atoms with Crippen LogP contribution in [0.25, 0.3) is 0 Å². The molecule has 0 unspecified atom stereocenters.